The summed E-state index contributed by atoms with van der Waals surface area (Å²) in [6, 6.07) is 4.60. The van der Waals surface area contributed by atoms with E-state index in [0.717, 1.165) is 35.6 Å². The summed E-state index contributed by atoms with van der Waals surface area (Å²) in [4.78, 5) is 2.50. The lowest BCUT2D eigenvalue weighted by molar-refractivity contribution is 0.0985. The first-order valence-corrected chi connectivity index (χ1v) is 8.50. The molecule has 1 fully saturated rings. The van der Waals surface area contributed by atoms with Crippen LogP contribution >= 0.6 is 15.9 Å². The second kappa shape index (κ2) is 6.55. The molecule has 2 heterocycles. The molecule has 0 bridgehead atoms. The van der Waals surface area contributed by atoms with E-state index in [1.807, 2.05) is 6.07 Å². The monoisotopic (exact) mass is 354 g/mol. The predicted molar refractivity (Wildman–Crippen MR) is 86.8 cm³/mol. The average Bonchev–Trinajstić information content (AvgIpc) is 2.48. The number of hydrogen-bond acceptors (Lipinski definition) is 4. The predicted octanol–water partition coefficient (Wildman–Crippen LogP) is 2.78. The van der Waals surface area contributed by atoms with Crippen molar-refractivity contribution < 1.29 is 9.47 Å². The molecule has 0 aliphatic carbocycles. The fraction of sp³-hybridized carbons (Fsp3) is 0.625. The lowest BCUT2D eigenvalue weighted by atomic mass is 9.90. The minimum atomic E-state index is 0.471. The molecular formula is C16H23BrN2O2. The molecule has 2 aliphatic heterocycles. The van der Waals surface area contributed by atoms with E-state index < -0.39 is 0 Å². The maximum absolute atomic E-state index is 5.99. The second-order valence-electron chi connectivity index (χ2n) is 5.98. The molecule has 0 amide bonds. The molecule has 3 rings (SSSR count). The van der Waals surface area contributed by atoms with Crippen LogP contribution in [0.1, 0.15) is 25.3 Å². The summed E-state index contributed by atoms with van der Waals surface area (Å²) >= 11 is 3.67. The van der Waals surface area contributed by atoms with Gasteiger partial charge in [-0.2, -0.15) is 0 Å². The number of likely N-dealkylation sites (tertiary alicyclic amines) is 1. The van der Waals surface area contributed by atoms with E-state index in [1.54, 1.807) is 0 Å². The molecule has 21 heavy (non-hydrogen) atoms. The Hall–Kier alpha value is -0.780. The average molecular weight is 355 g/mol. The number of nitrogens with two attached hydrogens (primary N) is 1. The van der Waals surface area contributed by atoms with E-state index in [-0.39, 0.29) is 0 Å². The van der Waals surface area contributed by atoms with Gasteiger partial charge in [0.15, 0.2) is 11.5 Å². The first-order valence-electron chi connectivity index (χ1n) is 7.71. The van der Waals surface area contributed by atoms with Crippen LogP contribution in [-0.4, -0.2) is 37.2 Å². The zero-order valence-electron chi connectivity index (χ0n) is 12.5. The minimum absolute atomic E-state index is 0.471. The molecule has 2 unspecified atom stereocenters. The van der Waals surface area contributed by atoms with E-state index in [4.69, 9.17) is 15.2 Å². The summed E-state index contributed by atoms with van der Waals surface area (Å²) in [5, 5.41) is 0. The van der Waals surface area contributed by atoms with Gasteiger partial charge in [0.25, 0.3) is 0 Å². The maximum Gasteiger partial charge on any atom is 0.162 e. The summed E-state index contributed by atoms with van der Waals surface area (Å²) in [5.41, 5.74) is 7.23. The van der Waals surface area contributed by atoms with Crippen molar-refractivity contribution in [1.29, 1.82) is 0 Å². The Morgan fingerprint density at radius 1 is 1.29 bits per heavy atom. The van der Waals surface area contributed by atoms with Crippen molar-refractivity contribution in [2.75, 3.05) is 26.3 Å². The van der Waals surface area contributed by atoms with Crippen molar-refractivity contribution in [2.24, 2.45) is 11.7 Å². The number of rotatable bonds is 3. The second-order valence-corrected chi connectivity index (χ2v) is 6.83. The first kappa shape index (κ1) is 15.1. The molecule has 0 aromatic heterocycles. The molecule has 0 spiro atoms. The smallest absolute Gasteiger partial charge is 0.162 e. The molecular weight excluding hydrogens is 332 g/mol. The van der Waals surface area contributed by atoms with Gasteiger partial charge in [-0.1, -0.05) is 22.9 Å². The lowest BCUT2D eigenvalue weighted by Crippen LogP contribution is -2.48. The van der Waals surface area contributed by atoms with Gasteiger partial charge in [-0.05, 0) is 43.0 Å². The zero-order valence-corrected chi connectivity index (χ0v) is 14.1. The van der Waals surface area contributed by atoms with Crippen molar-refractivity contribution >= 4 is 15.9 Å². The van der Waals surface area contributed by atoms with Crippen LogP contribution in [0.3, 0.4) is 0 Å². The van der Waals surface area contributed by atoms with Crippen molar-refractivity contribution in [3.05, 3.63) is 22.2 Å². The number of ether oxygens (including phenoxy) is 2. The third-order valence-electron chi connectivity index (χ3n) is 4.56. The Kier molecular flexibility index (Phi) is 4.72. The van der Waals surface area contributed by atoms with Crippen LogP contribution in [-0.2, 0) is 6.54 Å². The van der Waals surface area contributed by atoms with E-state index in [2.05, 4.69) is 33.8 Å². The number of nitrogens with zero attached hydrogens (tertiary/aromatic N) is 1. The van der Waals surface area contributed by atoms with Crippen molar-refractivity contribution in [2.45, 2.75) is 32.4 Å². The van der Waals surface area contributed by atoms with Crippen LogP contribution in [0.4, 0.5) is 0 Å². The van der Waals surface area contributed by atoms with Crippen molar-refractivity contribution in [3.63, 3.8) is 0 Å². The third kappa shape index (κ3) is 3.20. The summed E-state index contributed by atoms with van der Waals surface area (Å²) in [7, 11) is 0. The topological polar surface area (TPSA) is 47.7 Å². The van der Waals surface area contributed by atoms with E-state index >= 15 is 0 Å². The van der Waals surface area contributed by atoms with Gasteiger partial charge >= 0.3 is 0 Å². The lowest BCUT2D eigenvalue weighted by Gasteiger charge is -2.39. The van der Waals surface area contributed by atoms with Gasteiger partial charge in [-0.3, -0.25) is 4.90 Å². The molecule has 2 N–H and O–H groups in total. The summed E-state index contributed by atoms with van der Waals surface area (Å²) in [6.45, 7) is 6.31. The number of fused-ring (bicyclic) bond motifs is 1. The largest absolute Gasteiger partial charge is 0.486 e. The number of piperidine rings is 1. The van der Waals surface area contributed by atoms with Crippen LogP contribution < -0.4 is 15.2 Å². The highest BCUT2D eigenvalue weighted by Crippen LogP contribution is 2.36. The minimum Gasteiger partial charge on any atom is -0.486 e. The number of halogens is 1. The molecule has 2 aliphatic rings. The van der Waals surface area contributed by atoms with Crippen LogP contribution in [0.5, 0.6) is 11.5 Å². The highest BCUT2D eigenvalue weighted by atomic mass is 79.9. The van der Waals surface area contributed by atoms with Gasteiger partial charge in [-0.25, -0.2) is 0 Å². The van der Waals surface area contributed by atoms with Crippen LogP contribution in [0.15, 0.2) is 16.6 Å². The van der Waals surface area contributed by atoms with Crippen molar-refractivity contribution in [3.8, 4) is 11.5 Å². The molecule has 5 heteroatoms. The highest BCUT2D eigenvalue weighted by Gasteiger charge is 2.28. The van der Waals surface area contributed by atoms with E-state index in [0.29, 0.717) is 25.2 Å². The quantitative estimate of drug-likeness (QED) is 0.906. The van der Waals surface area contributed by atoms with Gasteiger partial charge in [0.1, 0.15) is 13.2 Å². The van der Waals surface area contributed by atoms with Gasteiger partial charge in [0.05, 0.1) is 0 Å². The Bertz CT molecular complexity index is 509. The molecule has 1 aromatic carbocycles. The maximum atomic E-state index is 5.99. The van der Waals surface area contributed by atoms with Gasteiger partial charge in [0, 0.05) is 23.6 Å². The van der Waals surface area contributed by atoms with Gasteiger partial charge in [-0.15, -0.1) is 0 Å². The SMILES string of the molecule is CC1CCCN(Cc2cc3c(cc2Br)OCCO3)C1CN. The standard InChI is InChI=1S/C16H23BrN2O2/c1-11-3-2-4-19(14(11)9-18)10-12-7-15-16(8-13(12)17)21-6-5-20-15/h7-8,11,14H,2-6,9-10,18H2,1H3. The molecule has 2 atom stereocenters. The molecule has 116 valence electrons. The highest BCUT2D eigenvalue weighted by molar-refractivity contribution is 9.10. The van der Waals surface area contributed by atoms with Crippen LogP contribution in [0.2, 0.25) is 0 Å². The third-order valence-corrected chi connectivity index (χ3v) is 5.30. The zero-order chi connectivity index (χ0) is 14.8. The van der Waals surface area contributed by atoms with Crippen molar-refractivity contribution in [1.82, 2.24) is 4.90 Å². The number of benzene rings is 1. The first-order chi connectivity index (χ1) is 10.2. The Morgan fingerprint density at radius 2 is 2.00 bits per heavy atom. The summed E-state index contributed by atoms with van der Waals surface area (Å²) in [5.74, 6) is 2.35. The summed E-state index contributed by atoms with van der Waals surface area (Å²) in [6.07, 6.45) is 2.53. The molecule has 1 aromatic rings. The fourth-order valence-corrected chi connectivity index (χ4v) is 3.81. The molecule has 0 radical (unpaired) electrons. The summed E-state index contributed by atoms with van der Waals surface area (Å²) < 4.78 is 12.4. The van der Waals surface area contributed by atoms with Gasteiger partial charge < -0.3 is 15.2 Å². The van der Waals surface area contributed by atoms with E-state index in [1.165, 1.54) is 18.4 Å². The number of hydrogen-bond donors (Lipinski definition) is 1. The van der Waals surface area contributed by atoms with Gasteiger partial charge in [0.2, 0.25) is 0 Å². The molecule has 1 saturated heterocycles. The van der Waals surface area contributed by atoms with Crippen LogP contribution in [0, 0.1) is 5.92 Å². The normalized spacial score (nSPS) is 25.9. The Labute approximate surface area is 134 Å². The molecule has 4 nitrogen and oxygen atoms in total. The fourth-order valence-electron chi connectivity index (χ4n) is 3.36. The van der Waals surface area contributed by atoms with Crippen LogP contribution in [0.25, 0.3) is 0 Å². The Balaban J connectivity index is 1.80. The Morgan fingerprint density at radius 3 is 2.71 bits per heavy atom. The molecule has 0 saturated carbocycles. The van der Waals surface area contributed by atoms with E-state index in [9.17, 15) is 0 Å².